The minimum atomic E-state index is -1.21. The summed E-state index contributed by atoms with van der Waals surface area (Å²) in [6.45, 7) is 1.95. The van der Waals surface area contributed by atoms with Gasteiger partial charge < -0.3 is 29.6 Å². The molecule has 0 saturated heterocycles. The number of benzene rings is 3. The fraction of sp³-hybridized carbons (Fsp3) is 0.219. The summed E-state index contributed by atoms with van der Waals surface area (Å²) in [5.41, 5.74) is 5.29. The standard InChI is InChI=1S/C32H30N2O7/c1-20(39-18-21-9-3-2-4-10-21)29(30(35)33-17-22-15-16-28(41-22)31(36)37)34-32(38)40-19-27-25-13-7-5-11-23(25)24-12-6-8-14-26(24)27/h2-16,20,27,29H,17-19H2,1H3,(H,33,35)(H,34,38)(H,36,37)/t20-,29+/m0/s1. The molecule has 5 rings (SSSR count). The van der Waals surface area contributed by atoms with E-state index in [1.807, 2.05) is 66.7 Å². The van der Waals surface area contributed by atoms with Crippen LogP contribution in [0.1, 0.15) is 45.8 Å². The van der Waals surface area contributed by atoms with Crippen molar-refractivity contribution in [3.63, 3.8) is 0 Å². The molecular formula is C32H30N2O7. The Morgan fingerprint density at radius 3 is 2.15 bits per heavy atom. The van der Waals surface area contributed by atoms with E-state index in [-0.39, 0.29) is 37.2 Å². The third-order valence-electron chi connectivity index (χ3n) is 7.03. The van der Waals surface area contributed by atoms with Gasteiger partial charge in [-0.15, -0.1) is 0 Å². The van der Waals surface area contributed by atoms with Crippen molar-refractivity contribution in [1.82, 2.24) is 10.6 Å². The molecule has 2 atom stereocenters. The maximum Gasteiger partial charge on any atom is 0.407 e. The van der Waals surface area contributed by atoms with Crippen LogP contribution in [0.5, 0.6) is 0 Å². The van der Waals surface area contributed by atoms with Gasteiger partial charge in [0.15, 0.2) is 0 Å². The molecule has 0 spiro atoms. The molecule has 2 amide bonds. The topological polar surface area (TPSA) is 127 Å². The Bertz CT molecular complexity index is 1490. The third-order valence-corrected chi connectivity index (χ3v) is 7.03. The van der Waals surface area contributed by atoms with Crippen molar-refractivity contribution >= 4 is 18.0 Å². The van der Waals surface area contributed by atoms with E-state index >= 15 is 0 Å². The number of hydrogen-bond donors (Lipinski definition) is 3. The molecule has 9 heteroatoms. The van der Waals surface area contributed by atoms with Crippen LogP contribution in [-0.4, -0.2) is 41.8 Å². The van der Waals surface area contributed by atoms with Crippen molar-refractivity contribution in [2.45, 2.75) is 38.1 Å². The van der Waals surface area contributed by atoms with Gasteiger partial charge in [-0.05, 0) is 46.9 Å². The molecule has 0 fully saturated rings. The van der Waals surface area contributed by atoms with E-state index in [1.165, 1.54) is 12.1 Å². The van der Waals surface area contributed by atoms with Crippen LogP contribution in [-0.2, 0) is 27.4 Å². The molecule has 41 heavy (non-hydrogen) atoms. The highest BCUT2D eigenvalue weighted by molar-refractivity contribution is 5.86. The van der Waals surface area contributed by atoms with E-state index < -0.39 is 30.1 Å². The van der Waals surface area contributed by atoms with Gasteiger partial charge in [0.25, 0.3) is 0 Å². The Morgan fingerprint density at radius 1 is 0.878 bits per heavy atom. The molecule has 1 aliphatic rings. The van der Waals surface area contributed by atoms with Gasteiger partial charge >= 0.3 is 12.1 Å². The third kappa shape index (κ3) is 6.47. The number of alkyl carbamates (subject to hydrolysis) is 1. The van der Waals surface area contributed by atoms with Gasteiger partial charge in [-0.1, -0.05) is 78.9 Å². The lowest BCUT2D eigenvalue weighted by atomic mass is 9.98. The second-order valence-corrected chi connectivity index (χ2v) is 9.74. The fourth-order valence-electron chi connectivity index (χ4n) is 4.93. The molecule has 3 N–H and O–H groups in total. The number of furan rings is 1. The van der Waals surface area contributed by atoms with Gasteiger partial charge in [0.2, 0.25) is 11.7 Å². The second-order valence-electron chi connectivity index (χ2n) is 9.74. The largest absolute Gasteiger partial charge is 0.475 e. The minimum absolute atomic E-state index is 0.0691. The average molecular weight is 555 g/mol. The predicted octanol–water partition coefficient (Wildman–Crippen LogP) is 5.11. The summed E-state index contributed by atoms with van der Waals surface area (Å²) < 4.78 is 16.8. The summed E-state index contributed by atoms with van der Waals surface area (Å²) >= 11 is 0. The average Bonchev–Trinajstić information content (AvgIpc) is 3.60. The Balaban J connectivity index is 1.25. The quantitative estimate of drug-likeness (QED) is 0.235. The van der Waals surface area contributed by atoms with Gasteiger partial charge in [0.1, 0.15) is 18.4 Å². The van der Waals surface area contributed by atoms with Crippen molar-refractivity contribution in [2.75, 3.05) is 6.61 Å². The highest BCUT2D eigenvalue weighted by atomic mass is 16.5. The molecule has 0 saturated carbocycles. The number of rotatable bonds is 11. The Morgan fingerprint density at radius 2 is 1.51 bits per heavy atom. The first kappa shape index (κ1) is 27.7. The molecule has 210 valence electrons. The lowest BCUT2D eigenvalue weighted by Crippen LogP contribution is -2.53. The van der Waals surface area contributed by atoms with Gasteiger partial charge in [-0.3, -0.25) is 4.79 Å². The number of carbonyl (C=O) groups excluding carboxylic acids is 2. The summed E-state index contributed by atoms with van der Waals surface area (Å²) in [7, 11) is 0. The monoisotopic (exact) mass is 554 g/mol. The molecule has 9 nitrogen and oxygen atoms in total. The number of carbonyl (C=O) groups is 3. The van der Waals surface area contributed by atoms with Crippen LogP contribution in [0, 0.1) is 0 Å². The number of aromatic carboxylic acids is 1. The number of hydrogen-bond acceptors (Lipinski definition) is 6. The van der Waals surface area contributed by atoms with Crippen LogP contribution in [0.15, 0.2) is 95.4 Å². The number of carboxylic acid groups (broad SMARTS) is 1. The second kappa shape index (κ2) is 12.5. The number of carboxylic acids is 1. The Hall–Kier alpha value is -4.89. The molecule has 1 aromatic heterocycles. The first-order valence-electron chi connectivity index (χ1n) is 13.3. The van der Waals surface area contributed by atoms with Crippen LogP contribution in [0.2, 0.25) is 0 Å². The summed E-state index contributed by atoms with van der Waals surface area (Å²) in [5, 5.41) is 14.4. The van der Waals surface area contributed by atoms with Gasteiger partial charge in [0, 0.05) is 5.92 Å². The molecule has 1 aliphatic carbocycles. The highest BCUT2D eigenvalue weighted by Crippen LogP contribution is 2.44. The maximum absolute atomic E-state index is 13.2. The van der Waals surface area contributed by atoms with Crippen LogP contribution < -0.4 is 10.6 Å². The van der Waals surface area contributed by atoms with E-state index in [0.29, 0.717) is 0 Å². The molecule has 3 aromatic carbocycles. The number of fused-ring (bicyclic) bond motifs is 3. The molecule has 0 radical (unpaired) electrons. The van der Waals surface area contributed by atoms with E-state index in [4.69, 9.17) is 19.0 Å². The number of ether oxygens (including phenoxy) is 2. The van der Waals surface area contributed by atoms with E-state index in [2.05, 4.69) is 22.8 Å². The number of amides is 2. The lowest BCUT2D eigenvalue weighted by Gasteiger charge is -2.25. The van der Waals surface area contributed by atoms with Crippen molar-refractivity contribution in [3.8, 4) is 11.1 Å². The first-order chi connectivity index (χ1) is 19.9. The zero-order chi connectivity index (χ0) is 28.8. The maximum atomic E-state index is 13.2. The predicted molar refractivity (Wildman–Crippen MR) is 150 cm³/mol. The van der Waals surface area contributed by atoms with E-state index in [9.17, 15) is 14.4 Å². The van der Waals surface area contributed by atoms with Crippen molar-refractivity contribution in [2.24, 2.45) is 0 Å². The zero-order valence-electron chi connectivity index (χ0n) is 22.4. The molecule has 0 unspecified atom stereocenters. The molecule has 4 aromatic rings. The van der Waals surface area contributed by atoms with E-state index in [0.717, 1.165) is 27.8 Å². The lowest BCUT2D eigenvalue weighted by molar-refractivity contribution is -0.127. The van der Waals surface area contributed by atoms with E-state index in [1.54, 1.807) is 6.92 Å². The Kier molecular flexibility index (Phi) is 8.45. The summed E-state index contributed by atoms with van der Waals surface area (Å²) in [4.78, 5) is 37.3. The van der Waals surface area contributed by atoms with Crippen LogP contribution in [0.3, 0.4) is 0 Å². The van der Waals surface area contributed by atoms with Crippen LogP contribution >= 0.6 is 0 Å². The smallest absolute Gasteiger partial charge is 0.407 e. The fourth-order valence-corrected chi connectivity index (χ4v) is 4.93. The molecular weight excluding hydrogens is 524 g/mol. The first-order valence-corrected chi connectivity index (χ1v) is 13.3. The molecule has 1 heterocycles. The summed E-state index contributed by atoms with van der Waals surface area (Å²) in [5.74, 6) is -1.85. The zero-order valence-corrected chi connectivity index (χ0v) is 22.4. The number of nitrogens with one attached hydrogen (secondary N) is 2. The van der Waals surface area contributed by atoms with Crippen LogP contribution in [0.4, 0.5) is 4.79 Å². The van der Waals surface area contributed by atoms with Gasteiger partial charge in [0.05, 0.1) is 19.3 Å². The van der Waals surface area contributed by atoms with Gasteiger partial charge in [-0.2, -0.15) is 0 Å². The van der Waals surface area contributed by atoms with Crippen molar-refractivity contribution in [1.29, 1.82) is 0 Å². The minimum Gasteiger partial charge on any atom is -0.475 e. The highest BCUT2D eigenvalue weighted by Gasteiger charge is 2.31. The van der Waals surface area contributed by atoms with Crippen molar-refractivity contribution < 1.29 is 33.4 Å². The summed E-state index contributed by atoms with van der Waals surface area (Å²) in [6, 6.07) is 27.2. The Labute approximate surface area is 237 Å². The van der Waals surface area contributed by atoms with Crippen molar-refractivity contribution in [3.05, 3.63) is 119 Å². The SMILES string of the molecule is C[C@H](OCc1ccccc1)[C@@H](NC(=O)OCC1c2ccccc2-c2ccccc21)C(=O)NCc1ccc(C(=O)O)o1. The van der Waals surface area contributed by atoms with Crippen LogP contribution in [0.25, 0.3) is 11.1 Å². The van der Waals surface area contributed by atoms with Gasteiger partial charge in [-0.25, -0.2) is 9.59 Å². The molecule has 0 aliphatic heterocycles. The molecule has 0 bridgehead atoms. The summed E-state index contributed by atoms with van der Waals surface area (Å²) in [6.07, 6.45) is -1.48. The normalized spacial score (nSPS) is 13.5.